The highest BCUT2D eigenvalue weighted by atomic mass is 16.2. The molecule has 1 amide bonds. The predicted octanol–water partition coefficient (Wildman–Crippen LogP) is 2.19. The second-order valence-electron chi connectivity index (χ2n) is 6.49. The van der Waals surface area contributed by atoms with Crippen molar-refractivity contribution in [2.45, 2.75) is 25.3 Å². The summed E-state index contributed by atoms with van der Waals surface area (Å²) >= 11 is 0. The molecule has 21 heavy (non-hydrogen) atoms. The van der Waals surface area contributed by atoms with Gasteiger partial charge in [0.15, 0.2) is 0 Å². The second-order valence-corrected chi connectivity index (χ2v) is 6.49. The highest BCUT2D eigenvalue weighted by Crippen LogP contribution is 2.41. The van der Waals surface area contributed by atoms with Crippen LogP contribution in [0.1, 0.15) is 30.9 Å². The van der Waals surface area contributed by atoms with Gasteiger partial charge in [-0.3, -0.25) is 4.79 Å². The van der Waals surface area contributed by atoms with Gasteiger partial charge in [0.05, 0.1) is 6.04 Å². The van der Waals surface area contributed by atoms with Gasteiger partial charge in [-0.2, -0.15) is 5.10 Å². The van der Waals surface area contributed by atoms with Gasteiger partial charge in [0.1, 0.15) is 0 Å². The van der Waals surface area contributed by atoms with E-state index < -0.39 is 0 Å². The van der Waals surface area contributed by atoms with Gasteiger partial charge in [-0.05, 0) is 43.3 Å². The number of hydrazone groups is 1. The van der Waals surface area contributed by atoms with E-state index in [2.05, 4.69) is 22.6 Å². The minimum atomic E-state index is 0.0947. The molecule has 4 heteroatoms. The molecule has 3 atom stereocenters. The maximum Gasteiger partial charge on any atom is 0.246 e. The minimum absolute atomic E-state index is 0.0947. The fraction of sp³-hybridized carbons (Fsp3) is 0.529. The lowest BCUT2D eigenvalue weighted by molar-refractivity contribution is -0.137. The van der Waals surface area contributed by atoms with Gasteiger partial charge in [-0.15, -0.1) is 0 Å². The molecule has 3 aliphatic rings. The number of nitrogens with one attached hydrogen (secondary N) is 1. The Kier molecular flexibility index (Phi) is 3.26. The molecule has 0 spiro atoms. The van der Waals surface area contributed by atoms with E-state index in [1.807, 2.05) is 24.4 Å². The standard InChI is InChI=1S/C17H21N3O/c21-17(13-8-14-10-18-11-15(14)9-13)20-16(6-7-19-20)12-4-2-1-3-5-12/h1-5,7,13-16,18H,6,8-11H2. The van der Waals surface area contributed by atoms with E-state index in [4.69, 9.17) is 0 Å². The molecule has 1 N–H and O–H groups in total. The molecule has 2 heterocycles. The van der Waals surface area contributed by atoms with Crippen molar-refractivity contribution >= 4 is 12.1 Å². The zero-order valence-electron chi connectivity index (χ0n) is 12.1. The Bertz CT molecular complexity index is 544. The Labute approximate surface area is 125 Å². The van der Waals surface area contributed by atoms with Crippen molar-refractivity contribution in [1.29, 1.82) is 0 Å². The van der Waals surface area contributed by atoms with Crippen LogP contribution in [0.4, 0.5) is 0 Å². The van der Waals surface area contributed by atoms with Gasteiger partial charge >= 0.3 is 0 Å². The lowest BCUT2D eigenvalue weighted by Gasteiger charge is -2.25. The van der Waals surface area contributed by atoms with Crippen LogP contribution < -0.4 is 5.32 Å². The largest absolute Gasteiger partial charge is 0.316 e. The first-order chi connectivity index (χ1) is 10.3. The van der Waals surface area contributed by atoms with Crippen molar-refractivity contribution in [2.24, 2.45) is 22.9 Å². The molecule has 0 bridgehead atoms. The number of benzene rings is 1. The summed E-state index contributed by atoms with van der Waals surface area (Å²) in [7, 11) is 0. The zero-order valence-corrected chi connectivity index (χ0v) is 12.1. The number of carbonyl (C=O) groups is 1. The number of nitrogens with zero attached hydrogens (tertiary/aromatic N) is 2. The van der Waals surface area contributed by atoms with Crippen LogP contribution in [0.25, 0.3) is 0 Å². The third kappa shape index (κ3) is 2.27. The van der Waals surface area contributed by atoms with Crippen molar-refractivity contribution in [3.8, 4) is 0 Å². The van der Waals surface area contributed by atoms with E-state index in [-0.39, 0.29) is 17.9 Å². The zero-order chi connectivity index (χ0) is 14.2. The molecule has 3 unspecified atom stereocenters. The topological polar surface area (TPSA) is 44.7 Å². The smallest absolute Gasteiger partial charge is 0.246 e. The fourth-order valence-electron chi connectivity index (χ4n) is 4.13. The molecule has 4 rings (SSSR count). The molecule has 1 aliphatic carbocycles. The fourth-order valence-corrected chi connectivity index (χ4v) is 4.13. The van der Waals surface area contributed by atoms with Crippen LogP contribution in [0, 0.1) is 17.8 Å². The molecule has 1 aromatic carbocycles. The van der Waals surface area contributed by atoms with Crippen LogP contribution in [0.5, 0.6) is 0 Å². The summed E-state index contributed by atoms with van der Waals surface area (Å²) in [6, 6.07) is 10.3. The molecule has 110 valence electrons. The Morgan fingerprint density at radius 2 is 1.86 bits per heavy atom. The summed E-state index contributed by atoms with van der Waals surface area (Å²) in [6.07, 6.45) is 4.78. The normalized spacial score (nSPS) is 34.4. The van der Waals surface area contributed by atoms with E-state index in [0.29, 0.717) is 11.8 Å². The summed E-state index contributed by atoms with van der Waals surface area (Å²) in [4.78, 5) is 12.9. The monoisotopic (exact) mass is 283 g/mol. The summed E-state index contributed by atoms with van der Waals surface area (Å²) in [5.41, 5.74) is 1.18. The maximum absolute atomic E-state index is 12.9. The summed E-state index contributed by atoms with van der Waals surface area (Å²) in [6.45, 7) is 2.17. The van der Waals surface area contributed by atoms with Crippen LogP contribution in [-0.2, 0) is 4.79 Å². The number of hydrogen-bond acceptors (Lipinski definition) is 3. The van der Waals surface area contributed by atoms with Crippen molar-refractivity contribution in [2.75, 3.05) is 13.1 Å². The van der Waals surface area contributed by atoms with E-state index >= 15 is 0 Å². The van der Waals surface area contributed by atoms with Crippen LogP contribution in [-0.4, -0.2) is 30.2 Å². The van der Waals surface area contributed by atoms with Crippen molar-refractivity contribution in [1.82, 2.24) is 10.3 Å². The SMILES string of the molecule is O=C(C1CC2CNCC2C1)N1N=CCC1c1ccccc1. The quantitative estimate of drug-likeness (QED) is 0.904. The molecule has 1 saturated carbocycles. The van der Waals surface area contributed by atoms with E-state index in [0.717, 1.165) is 32.4 Å². The van der Waals surface area contributed by atoms with Crippen molar-refractivity contribution < 1.29 is 4.79 Å². The molecule has 2 aliphatic heterocycles. The van der Waals surface area contributed by atoms with Gasteiger partial charge in [-0.25, -0.2) is 5.01 Å². The van der Waals surface area contributed by atoms with Crippen molar-refractivity contribution in [3.05, 3.63) is 35.9 Å². The number of rotatable bonds is 2. The Morgan fingerprint density at radius 1 is 1.14 bits per heavy atom. The molecule has 0 radical (unpaired) electrons. The summed E-state index contributed by atoms with van der Waals surface area (Å²) in [5.74, 6) is 1.79. The molecular formula is C17H21N3O. The number of hydrogen-bond donors (Lipinski definition) is 1. The Balaban J connectivity index is 1.50. The molecular weight excluding hydrogens is 262 g/mol. The first kappa shape index (κ1) is 13.0. The Hall–Kier alpha value is -1.68. The average molecular weight is 283 g/mol. The van der Waals surface area contributed by atoms with Gasteiger partial charge in [0, 0.05) is 18.6 Å². The third-order valence-corrected chi connectivity index (χ3v) is 5.24. The van der Waals surface area contributed by atoms with E-state index in [1.54, 1.807) is 5.01 Å². The highest BCUT2D eigenvalue weighted by molar-refractivity contribution is 5.82. The van der Waals surface area contributed by atoms with Crippen LogP contribution in [0.15, 0.2) is 35.4 Å². The first-order valence-electron chi connectivity index (χ1n) is 7.94. The number of amides is 1. The van der Waals surface area contributed by atoms with Crippen LogP contribution >= 0.6 is 0 Å². The van der Waals surface area contributed by atoms with E-state index in [9.17, 15) is 4.79 Å². The maximum atomic E-state index is 12.9. The molecule has 2 fully saturated rings. The summed E-state index contributed by atoms with van der Waals surface area (Å²) < 4.78 is 0. The van der Waals surface area contributed by atoms with Crippen LogP contribution in [0.2, 0.25) is 0 Å². The minimum Gasteiger partial charge on any atom is -0.316 e. The van der Waals surface area contributed by atoms with Gasteiger partial charge in [0.2, 0.25) is 5.91 Å². The van der Waals surface area contributed by atoms with Crippen LogP contribution in [0.3, 0.4) is 0 Å². The third-order valence-electron chi connectivity index (χ3n) is 5.24. The van der Waals surface area contributed by atoms with Gasteiger partial charge in [-0.1, -0.05) is 30.3 Å². The molecule has 1 saturated heterocycles. The molecule has 4 nitrogen and oxygen atoms in total. The first-order valence-corrected chi connectivity index (χ1v) is 7.94. The summed E-state index contributed by atoms with van der Waals surface area (Å²) in [5, 5.41) is 9.55. The number of carbonyl (C=O) groups excluding carboxylic acids is 1. The predicted molar refractivity (Wildman–Crippen MR) is 81.7 cm³/mol. The average Bonchev–Trinajstić information content (AvgIpc) is 3.22. The van der Waals surface area contributed by atoms with Gasteiger partial charge in [0.25, 0.3) is 0 Å². The highest BCUT2D eigenvalue weighted by Gasteiger charge is 2.43. The van der Waals surface area contributed by atoms with Gasteiger partial charge < -0.3 is 5.32 Å². The second kappa shape index (κ2) is 5.26. The lowest BCUT2D eigenvalue weighted by atomic mass is 10.0. The lowest BCUT2D eigenvalue weighted by Crippen LogP contribution is -2.32. The molecule has 0 aromatic heterocycles. The Morgan fingerprint density at radius 3 is 2.57 bits per heavy atom. The van der Waals surface area contributed by atoms with Crippen molar-refractivity contribution in [3.63, 3.8) is 0 Å². The molecule has 1 aromatic rings. The van der Waals surface area contributed by atoms with E-state index in [1.165, 1.54) is 5.56 Å². The number of fused-ring (bicyclic) bond motifs is 1.